The van der Waals surface area contributed by atoms with Crippen LogP contribution < -0.4 is 5.32 Å². The summed E-state index contributed by atoms with van der Waals surface area (Å²) in [6.45, 7) is 6.94. The molecule has 1 heterocycles. The lowest BCUT2D eigenvalue weighted by Gasteiger charge is -2.34. The molecule has 18 heavy (non-hydrogen) atoms. The monoisotopic (exact) mass is 276 g/mol. The molecule has 1 unspecified atom stereocenters. The first kappa shape index (κ1) is 15.9. The van der Waals surface area contributed by atoms with Gasteiger partial charge in [0.25, 0.3) is 0 Å². The number of sulfone groups is 1. The minimum Gasteiger partial charge on any atom is -0.317 e. The van der Waals surface area contributed by atoms with Crippen molar-refractivity contribution in [2.24, 2.45) is 5.92 Å². The lowest BCUT2D eigenvalue weighted by atomic mass is 9.90. The van der Waals surface area contributed by atoms with Crippen LogP contribution >= 0.6 is 0 Å². The fourth-order valence-electron chi connectivity index (χ4n) is 2.59. The van der Waals surface area contributed by atoms with E-state index in [1.807, 2.05) is 14.0 Å². The van der Waals surface area contributed by atoms with E-state index in [1.165, 1.54) is 12.8 Å². The summed E-state index contributed by atoms with van der Waals surface area (Å²) in [5.74, 6) is 1.39. The molecule has 0 aromatic rings. The van der Waals surface area contributed by atoms with Crippen LogP contribution in [-0.2, 0) is 9.84 Å². The van der Waals surface area contributed by atoms with Gasteiger partial charge in [0.2, 0.25) is 0 Å². The van der Waals surface area contributed by atoms with Crippen LogP contribution in [0.2, 0.25) is 0 Å². The van der Waals surface area contributed by atoms with Crippen LogP contribution in [0.3, 0.4) is 0 Å². The number of nitrogens with zero attached hydrogens (tertiary/aromatic N) is 1. The molecular formula is C13H28N2O2S. The SMILES string of the molecule is CCCS(=O)(=O)CCN1CCC(C(C)NC)CC1. The topological polar surface area (TPSA) is 49.4 Å². The van der Waals surface area contributed by atoms with E-state index >= 15 is 0 Å². The molecule has 1 N–H and O–H groups in total. The van der Waals surface area contributed by atoms with E-state index in [0.29, 0.717) is 24.1 Å². The molecule has 0 spiro atoms. The zero-order chi connectivity index (χ0) is 13.6. The highest BCUT2D eigenvalue weighted by Gasteiger charge is 2.23. The highest BCUT2D eigenvalue weighted by atomic mass is 32.2. The summed E-state index contributed by atoms with van der Waals surface area (Å²) in [4.78, 5) is 2.30. The van der Waals surface area contributed by atoms with Gasteiger partial charge >= 0.3 is 0 Å². The molecule has 1 atom stereocenters. The Morgan fingerprint density at radius 3 is 2.39 bits per heavy atom. The first-order chi connectivity index (χ1) is 8.48. The minimum absolute atomic E-state index is 0.326. The van der Waals surface area contributed by atoms with E-state index in [-0.39, 0.29) is 0 Å². The Morgan fingerprint density at radius 2 is 1.89 bits per heavy atom. The third kappa shape index (κ3) is 5.24. The van der Waals surface area contributed by atoms with Crippen LogP contribution in [0.1, 0.15) is 33.1 Å². The standard InChI is InChI=1S/C13H28N2O2S/c1-4-10-18(16,17)11-9-15-7-5-13(6-8-15)12(2)14-3/h12-14H,4-11H2,1-3H3. The molecule has 1 rings (SSSR count). The van der Waals surface area contributed by atoms with Gasteiger partial charge in [0.1, 0.15) is 0 Å². The summed E-state index contributed by atoms with van der Waals surface area (Å²) >= 11 is 0. The molecule has 5 heteroatoms. The molecule has 1 aliphatic rings. The number of nitrogens with one attached hydrogen (secondary N) is 1. The van der Waals surface area contributed by atoms with Crippen molar-refractivity contribution in [2.75, 3.05) is 38.2 Å². The molecule has 1 fully saturated rings. The second kappa shape index (κ2) is 7.46. The highest BCUT2D eigenvalue weighted by Crippen LogP contribution is 2.20. The minimum atomic E-state index is -2.82. The molecule has 4 nitrogen and oxygen atoms in total. The van der Waals surface area contributed by atoms with Gasteiger partial charge in [-0.05, 0) is 52.2 Å². The quantitative estimate of drug-likeness (QED) is 0.757. The van der Waals surface area contributed by atoms with Gasteiger partial charge in [-0.15, -0.1) is 0 Å². The molecule has 0 radical (unpaired) electrons. The van der Waals surface area contributed by atoms with Gasteiger partial charge in [0.05, 0.1) is 5.75 Å². The predicted octanol–water partition coefficient (Wildman–Crippen LogP) is 1.13. The molecule has 0 aromatic carbocycles. The van der Waals surface area contributed by atoms with Crippen molar-refractivity contribution in [3.05, 3.63) is 0 Å². The summed E-state index contributed by atoms with van der Waals surface area (Å²) in [7, 11) is -0.811. The number of hydrogen-bond acceptors (Lipinski definition) is 4. The van der Waals surface area contributed by atoms with Crippen molar-refractivity contribution in [1.29, 1.82) is 0 Å². The van der Waals surface area contributed by atoms with Crippen molar-refractivity contribution < 1.29 is 8.42 Å². The Morgan fingerprint density at radius 1 is 1.28 bits per heavy atom. The number of piperidine rings is 1. The zero-order valence-electron chi connectivity index (χ0n) is 12.0. The van der Waals surface area contributed by atoms with Gasteiger partial charge in [-0.1, -0.05) is 6.92 Å². The largest absolute Gasteiger partial charge is 0.317 e. The lowest BCUT2D eigenvalue weighted by molar-refractivity contribution is 0.172. The maximum atomic E-state index is 11.7. The maximum Gasteiger partial charge on any atom is 0.151 e. The normalized spacial score (nSPS) is 21.1. The summed E-state index contributed by atoms with van der Waals surface area (Å²) < 4.78 is 23.3. The average molecular weight is 276 g/mol. The van der Waals surface area contributed by atoms with Gasteiger partial charge < -0.3 is 10.2 Å². The average Bonchev–Trinajstić information content (AvgIpc) is 2.36. The van der Waals surface area contributed by atoms with Crippen LogP contribution in [0, 0.1) is 5.92 Å². The smallest absolute Gasteiger partial charge is 0.151 e. The van der Waals surface area contributed by atoms with Gasteiger partial charge in [-0.2, -0.15) is 0 Å². The van der Waals surface area contributed by atoms with Crippen molar-refractivity contribution in [3.8, 4) is 0 Å². The molecule has 0 aromatic heterocycles. The third-order valence-electron chi connectivity index (χ3n) is 4.03. The van der Waals surface area contributed by atoms with Gasteiger partial charge in [0, 0.05) is 18.3 Å². The van der Waals surface area contributed by atoms with Crippen molar-refractivity contribution in [3.63, 3.8) is 0 Å². The summed E-state index contributed by atoms with van der Waals surface area (Å²) in [5.41, 5.74) is 0. The predicted molar refractivity (Wildman–Crippen MR) is 76.6 cm³/mol. The lowest BCUT2D eigenvalue weighted by Crippen LogP contribution is -2.42. The Balaban J connectivity index is 2.28. The van der Waals surface area contributed by atoms with E-state index < -0.39 is 9.84 Å². The fraction of sp³-hybridized carbons (Fsp3) is 1.00. The molecule has 0 amide bonds. The summed E-state index contributed by atoms with van der Waals surface area (Å²) in [5, 5.41) is 3.31. The zero-order valence-corrected chi connectivity index (χ0v) is 12.8. The van der Waals surface area contributed by atoms with Gasteiger partial charge in [0.15, 0.2) is 9.84 Å². The third-order valence-corrected chi connectivity index (χ3v) is 5.86. The second-order valence-corrected chi connectivity index (χ2v) is 7.71. The van der Waals surface area contributed by atoms with E-state index in [2.05, 4.69) is 17.1 Å². The van der Waals surface area contributed by atoms with E-state index in [1.54, 1.807) is 0 Å². The first-order valence-electron chi connectivity index (χ1n) is 7.08. The number of likely N-dealkylation sites (tertiary alicyclic amines) is 1. The Kier molecular flexibility index (Phi) is 6.60. The molecule has 1 aliphatic heterocycles. The van der Waals surface area contributed by atoms with E-state index in [4.69, 9.17) is 0 Å². The van der Waals surface area contributed by atoms with E-state index in [0.717, 1.165) is 25.4 Å². The van der Waals surface area contributed by atoms with Crippen LogP contribution in [0.4, 0.5) is 0 Å². The van der Waals surface area contributed by atoms with Crippen LogP contribution in [0.25, 0.3) is 0 Å². The van der Waals surface area contributed by atoms with Crippen molar-refractivity contribution in [2.45, 2.75) is 39.2 Å². The molecular weight excluding hydrogens is 248 g/mol. The Hall–Kier alpha value is -0.130. The fourth-order valence-corrected chi connectivity index (χ4v) is 3.96. The van der Waals surface area contributed by atoms with E-state index in [9.17, 15) is 8.42 Å². The second-order valence-electron chi connectivity index (χ2n) is 5.41. The summed E-state index contributed by atoms with van der Waals surface area (Å²) in [6, 6.07) is 0.566. The van der Waals surface area contributed by atoms with Crippen LogP contribution in [0.15, 0.2) is 0 Å². The van der Waals surface area contributed by atoms with Crippen molar-refractivity contribution >= 4 is 9.84 Å². The molecule has 0 bridgehead atoms. The number of hydrogen-bond donors (Lipinski definition) is 1. The number of rotatable bonds is 7. The first-order valence-corrected chi connectivity index (χ1v) is 8.90. The molecule has 0 saturated carbocycles. The maximum absolute atomic E-state index is 11.7. The van der Waals surface area contributed by atoms with Crippen LogP contribution in [-0.4, -0.2) is 57.5 Å². The molecule has 0 aliphatic carbocycles. The summed E-state index contributed by atoms with van der Waals surface area (Å²) in [6.07, 6.45) is 3.08. The van der Waals surface area contributed by atoms with Gasteiger partial charge in [-0.25, -0.2) is 8.42 Å². The Bertz CT molecular complexity index is 322. The highest BCUT2D eigenvalue weighted by molar-refractivity contribution is 7.91. The molecule has 108 valence electrons. The van der Waals surface area contributed by atoms with Crippen molar-refractivity contribution in [1.82, 2.24) is 10.2 Å². The van der Waals surface area contributed by atoms with Crippen LogP contribution in [0.5, 0.6) is 0 Å². The molecule has 1 saturated heterocycles. The Labute approximate surface area is 112 Å². The van der Waals surface area contributed by atoms with Gasteiger partial charge in [-0.3, -0.25) is 0 Å².